The number of nitrogens with zero attached hydrogens (tertiary/aromatic N) is 1. The van der Waals surface area contributed by atoms with E-state index in [1.807, 2.05) is 43.3 Å². The maximum absolute atomic E-state index is 5.41. The van der Waals surface area contributed by atoms with E-state index < -0.39 is 0 Å². The van der Waals surface area contributed by atoms with Crippen LogP contribution >= 0.6 is 0 Å². The van der Waals surface area contributed by atoms with E-state index in [9.17, 15) is 0 Å². The van der Waals surface area contributed by atoms with Crippen LogP contribution in [0.25, 0.3) is 17.2 Å². The maximum atomic E-state index is 5.41. The lowest BCUT2D eigenvalue weighted by atomic mass is 10.1. The molecular formula is C15H15NO. The van der Waals surface area contributed by atoms with Crippen LogP contribution in [0.15, 0.2) is 49.2 Å². The van der Waals surface area contributed by atoms with Crippen LogP contribution in [0.4, 0.5) is 0 Å². The minimum atomic E-state index is 0.690. The Kier molecular flexibility index (Phi) is 3.55. The van der Waals surface area contributed by atoms with E-state index in [-0.39, 0.29) is 0 Å². The molecule has 86 valence electrons. The molecule has 1 aromatic heterocycles. The van der Waals surface area contributed by atoms with E-state index in [1.165, 1.54) is 0 Å². The molecular weight excluding hydrogens is 210 g/mol. The van der Waals surface area contributed by atoms with Gasteiger partial charge in [0.05, 0.1) is 12.3 Å². The first-order valence-corrected chi connectivity index (χ1v) is 5.65. The van der Waals surface area contributed by atoms with Crippen molar-refractivity contribution in [3.8, 4) is 16.9 Å². The van der Waals surface area contributed by atoms with Gasteiger partial charge in [-0.15, -0.1) is 0 Å². The van der Waals surface area contributed by atoms with Crippen LogP contribution in [0.1, 0.15) is 12.6 Å². The number of hydrogen-bond donors (Lipinski definition) is 0. The summed E-state index contributed by atoms with van der Waals surface area (Å²) < 4.78 is 5.41. The highest BCUT2D eigenvalue weighted by molar-refractivity contribution is 5.66. The molecule has 0 bridgehead atoms. The van der Waals surface area contributed by atoms with E-state index in [0.717, 1.165) is 22.6 Å². The molecule has 1 aromatic carbocycles. The number of ether oxygens (including phenoxy) is 1. The van der Waals surface area contributed by atoms with Crippen molar-refractivity contribution in [1.82, 2.24) is 4.98 Å². The Morgan fingerprint density at radius 2 is 1.94 bits per heavy atom. The summed E-state index contributed by atoms with van der Waals surface area (Å²) in [5.41, 5.74) is 3.17. The van der Waals surface area contributed by atoms with Crippen LogP contribution in [0.2, 0.25) is 0 Å². The highest BCUT2D eigenvalue weighted by Gasteiger charge is 1.99. The van der Waals surface area contributed by atoms with Crippen LogP contribution in [0.3, 0.4) is 0 Å². The van der Waals surface area contributed by atoms with E-state index in [4.69, 9.17) is 4.74 Å². The molecule has 2 rings (SSSR count). The molecule has 0 spiro atoms. The molecule has 2 nitrogen and oxygen atoms in total. The van der Waals surface area contributed by atoms with Gasteiger partial charge in [-0.2, -0.15) is 0 Å². The Morgan fingerprint density at radius 1 is 1.18 bits per heavy atom. The molecule has 0 amide bonds. The molecule has 0 unspecified atom stereocenters. The number of aromatic nitrogens is 1. The van der Waals surface area contributed by atoms with Crippen molar-refractivity contribution in [1.29, 1.82) is 0 Å². The van der Waals surface area contributed by atoms with Crippen LogP contribution in [0.5, 0.6) is 5.75 Å². The Labute approximate surface area is 102 Å². The van der Waals surface area contributed by atoms with Gasteiger partial charge in [0.1, 0.15) is 5.75 Å². The molecule has 0 aliphatic carbocycles. The lowest BCUT2D eigenvalue weighted by molar-refractivity contribution is 0.340. The Balaban J connectivity index is 2.29. The zero-order chi connectivity index (χ0) is 12.1. The summed E-state index contributed by atoms with van der Waals surface area (Å²) >= 11 is 0. The number of rotatable bonds is 4. The third-order valence-electron chi connectivity index (χ3n) is 2.49. The van der Waals surface area contributed by atoms with Gasteiger partial charge in [0.25, 0.3) is 0 Å². The van der Waals surface area contributed by atoms with E-state index in [2.05, 4.69) is 11.6 Å². The zero-order valence-electron chi connectivity index (χ0n) is 9.89. The van der Waals surface area contributed by atoms with Crippen molar-refractivity contribution < 1.29 is 4.74 Å². The largest absolute Gasteiger partial charge is 0.494 e. The number of hydrogen-bond acceptors (Lipinski definition) is 2. The fraction of sp³-hybridized carbons (Fsp3) is 0.133. The van der Waals surface area contributed by atoms with E-state index in [1.54, 1.807) is 12.3 Å². The predicted octanol–water partition coefficient (Wildman–Crippen LogP) is 3.79. The van der Waals surface area contributed by atoms with Crippen molar-refractivity contribution in [2.24, 2.45) is 0 Å². The minimum Gasteiger partial charge on any atom is -0.494 e. The molecule has 0 fully saturated rings. The van der Waals surface area contributed by atoms with E-state index in [0.29, 0.717) is 6.61 Å². The van der Waals surface area contributed by atoms with Crippen molar-refractivity contribution in [2.45, 2.75) is 6.92 Å². The lowest BCUT2D eigenvalue weighted by Crippen LogP contribution is -1.90. The molecule has 0 radical (unpaired) electrons. The minimum absolute atomic E-state index is 0.690. The zero-order valence-corrected chi connectivity index (χ0v) is 9.89. The summed E-state index contributed by atoms with van der Waals surface area (Å²) in [5.74, 6) is 0.897. The van der Waals surface area contributed by atoms with E-state index >= 15 is 0 Å². The number of pyridine rings is 1. The standard InChI is InChI=1S/C15H15NO/c1-3-14-11-13(9-10-16-14)12-5-7-15(8-6-12)17-4-2/h3,5-11H,1,4H2,2H3. The molecule has 0 aliphatic heterocycles. The molecule has 0 saturated carbocycles. The third-order valence-corrected chi connectivity index (χ3v) is 2.49. The van der Waals surface area contributed by atoms with Crippen molar-refractivity contribution in [3.63, 3.8) is 0 Å². The first-order chi connectivity index (χ1) is 8.33. The maximum Gasteiger partial charge on any atom is 0.119 e. The SMILES string of the molecule is C=Cc1cc(-c2ccc(OCC)cc2)ccn1. The monoisotopic (exact) mass is 225 g/mol. The third kappa shape index (κ3) is 2.72. The Bertz CT molecular complexity index is 503. The van der Waals surface area contributed by atoms with Crippen LogP contribution in [0, 0.1) is 0 Å². The molecule has 0 aliphatic rings. The summed E-state index contributed by atoms with van der Waals surface area (Å²) in [7, 11) is 0. The topological polar surface area (TPSA) is 22.1 Å². The Hall–Kier alpha value is -2.09. The second kappa shape index (κ2) is 5.30. The van der Waals surface area contributed by atoms with Gasteiger partial charge in [-0.25, -0.2) is 0 Å². The molecule has 0 N–H and O–H groups in total. The molecule has 0 saturated heterocycles. The highest BCUT2D eigenvalue weighted by atomic mass is 16.5. The van der Waals surface area contributed by atoms with Crippen molar-refractivity contribution >= 4 is 6.08 Å². The van der Waals surface area contributed by atoms with Gasteiger partial charge in [0.15, 0.2) is 0 Å². The summed E-state index contributed by atoms with van der Waals surface area (Å²) in [5, 5.41) is 0. The second-order valence-corrected chi connectivity index (χ2v) is 3.63. The van der Waals surface area contributed by atoms with Crippen LogP contribution in [-0.2, 0) is 0 Å². The van der Waals surface area contributed by atoms with Gasteiger partial charge in [0, 0.05) is 6.20 Å². The van der Waals surface area contributed by atoms with Gasteiger partial charge >= 0.3 is 0 Å². The quantitative estimate of drug-likeness (QED) is 0.789. The summed E-state index contributed by atoms with van der Waals surface area (Å²) in [4.78, 5) is 4.19. The molecule has 17 heavy (non-hydrogen) atoms. The molecule has 1 heterocycles. The van der Waals surface area contributed by atoms with Gasteiger partial charge in [-0.1, -0.05) is 18.7 Å². The Morgan fingerprint density at radius 3 is 2.59 bits per heavy atom. The summed E-state index contributed by atoms with van der Waals surface area (Å²) in [6.07, 6.45) is 3.54. The van der Waals surface area contributed by atoms with Crippen LogP contribution < -0.4 is 4.74 Å². The molecule has 0 atom stereocenters. The molecule has 2 heteroatoms. The van der Waals surface area contributed by atoms with Crippen molar-refractivity contribution in [2.75, 3.05) is 6.61 Å². The highest BCUT2D eigenvalue weighted by Crippen LogP contribution is 2.22. The average Bonchev–Trinajstić information content (AvgIpc) is 2.40. The fourth-order valence-electron chi connectivity index (χ4n) is 1.65. The predicted molar refractivity (Wildman–Crippen MR) is 70.9 cm³/mol. The second-order valence-electron chi connectivity index (χ2n) is 3.63. The van der Waals surface area contributed by atoms with Gasteiger partial charge in [-0.05, 0) is 48.4 Å². The first-order valence-electron chi connectivity index (χ1n) is 5.65. The van der Waals surface area contributed by atoms with Gasteiger partial charge in [0.2, 0.25) is 0 Å². The van der Waals surface area contributed by atoms with Crippen LogP contribution in [-0.4, -0.2) is 11.6 Å². The average molecular weight is 225 g/mol. The lowest BCUT2D eigenvalue weighted by Gasteiger charge is -2.05. The summed E-state index contributed by atoms with van der Waals surface area (Å²) in [6.45, 7) is 6.39. The molecule has 2 aromatic rings. The van der Waals surface area contributed by atoms with Gasteiger partial charge < -0.3 is 4.74 Å². The number of benzene rings is 1. The first kappa shape index (κ1) is 11.4. The fourth-order valence-corrected chi connectivity index (χ4v) is 1.65. The normalized spacial score (nSPS) is 9.94. The van der Waals surface area contributed by atoms with Crippen molar-refractivity contribution in [3.05, 3.63) is 54.9 Å². The summed E-state index contributed by atoms with van der Waals surface area (Å²) in [6, 6.07) is 12.1. The van der Waals surface area contributed by atoms with Gasteiger partial charge in [-0.3, -0.25) is 4.98 Å². The smallest absolute Gasteiger partial charge is 0.119 e.